The topological polar surface area (TPSA) is 112 Å². The summed E-state index contributed by atoms with van der Waals surface area (Å²) in [4.78, 5) is 45.5. The normalized spacial score (nSPS) is 25.2. The van der Waals surface area contributed by atoms with Crippen LogP contribution in [-0.2, 0) is 14.4 Å². The molecule has 3 aliphatic rings. The molecule has 0 spiro atoms. The van der Waals surface area contributed by atoms with E-state index in [2.05, 4.69) is 10.3 Å². The lowest BCUT2D eigenvalue weighted by Crippen LogP contribution is -2.52. The van der Waals surface area contributed by atoms with Crippen molar-refractivity contribution >= 4 is 23.4 Å². The summed E-state index contributed by atoms with van der Waals surface area (Å²) in [6.07, 6.45) is 14.0. The Kier molecular flexibility index (Phi) is 7.63. The van der Waals surface area contributed by atoms with Gasteiger partial charge >= 0.3 is 0 Å². The molecule has 2 unspecified atom stereocenters. The number of hydroxylamine groups is 1. The fraction of sp³-hybridized carbons (Fsp3) is 0.680. The summed E-state index contributed by atoms with van der Waals surface area (Å²) < 4.78 is 0. The Morgan fingerprint density at radius 3 is 2.42 bits per heavy atom. The minimum Gasteiger partial charge on any atom is -0.330 e. The third kappa shape index (κ3) is 5.37. The van der Waals surface area contributed by atoms with E-state index in [9.17, 15) is 19.6 Å². The molecule has 1 saturated heterocycles. The monoisotopic (exact) mass is 456 g/mol. The quantitative estimate of drug-likeness (QED) is 0.408. The fourth-order valence-electron chi connectivity index (χ4n) is 6.36. The van der Waals surface area contributed by atoms with Gasteiger partial charge < -0.3 is 10.2 Å². The Balaban J connectivity index is 1.59. The maximum absolute atomic E-state index is 14.0. The standard InChI is InChI=1S/C25H36N4O4/c30-21(28-33)17-25(16-18-6-4-5-7-18)12-15-29(24(25)32)22(19-8-2-1-3-9-19)23(31)27-20-10-13-26-14-11-20/h10-11,13-14,18-19,22,33H,1-9,12,15-17H2,(H,28,30)(H,26,27,31). The molecule has 3 amide bonds. The molecule has 4 rings (SSSR count). The van der Waals surface area contributed by atoms with Crippen LogP contribution in [0.2, 0.25) is 0 Å². The molecule has 3 fully saturated rings. The zero-order valence-electron chi connectivity index (χ0n) is 19.3. The number of carbonyl (C=O) groups excluding carboxylic acids is 3. The summed E-state index contributed by atoms with van der Waals surface area (Å²) in [5.74, 6) is -0.264. The third-order valence-electron chi connectivity index (χ3n) is 7.97. The number of pyridine rings is 1. The van der Waals surface area contributed by atoms with Crippen LogP contribution in [0, 0.1) is 17.3 Å². The van der Waals surface area contributed by atoms with E-state index in [-0.39, 0.29) is 24.2 Å². The van der Waals surface area contributed by atoms with E-state index in [1.807, 2.05) is 0 Å². The molecule has 0 aromatic carbocycles. The van der Waals surface area contributed by atoms with Crippen LogP contribution in [0.15, 0.2) is 24.5 Å². The van der Waals surface area contributed by atoms with E-state index in [4.69, 9.17) is 0 Å². The minimum absolute atomic E-state index is 0.0291. The molecule has 3 N–H and O–H groups in total. The molecule has 0 bridgehead atoms. The first-order valence-corrected chi connectivity index (χ1v) is 12.5. The fourth-order valence-corrected chi connectivity index (χ4v) is 6.36. The number of amides is 3. The molecule has 1 aliphatic heterocycles. The van der Waals surface area contributed by atoms with Crippen LogP contribution in [0.25, 0.3) is 0 Å². The highest BCUT2D eigenvalue weighted by Crippen LogP contribution is 2.46. The molecular weight excluding hydrogens is 420 g/mol. The maximum atomic E-state index is 14.0. The number of nitrogens with one attached hydrogen (secondary N) is 2. The van der Waals surface area contributed by atoms with Gasteiger partial charge in [-0.3, -0.25) is 24.6 Å². The van der Waals surface area contributed by atoms with Crippen molar-refractivity contribution in [3.05, 3.63) is 24.5 Å². The van der Waals surface area contributed by atoms with Crippen LogP contribution in [-0.4, -0.2) is 45.4 Å². The van der Waals surface area contributed by atoms with Gasteiger partial charge in [-0.25, -0.2) is 5.48 Å². The number of hydrogen-bond donors (Lipinski definition) is 3. The average Bonchev–Trinajstić information content (AvgIpc) is 3.45. The van der Waals surface area contributed by atoms with Gasteiger partial charge in [-0.05, 0) is 49.7 Å². The molecule has 8 nitrogen and oxygen atoms in total. The number of anilines is 1. The van der Waals surface area contributed by atoms with Crippen molar-refractivity contribution < 1.29 is 19.6 Å². The zero-order valence-corrected chi connectivity index (χ0v) is 19.3. The third-order valence-corrected chi connectivity index (χ3v) is 7.97. The number of rotatable bonds is 8. The second kappa shape index (κ2) is 10.6. The second-order valence-corrected chi connectivity index (χ2v) is 10.2. The number of nitrogens with zero attached hydrogens (tertiary/aromatic N) is 2. The van der Waals surface area contributed by atoms with Gasteiger partial charge in [-0.1, -0.05) is 44.9 Å². The van der Waals surface area contributed by atoms with E-state index < -0.39 is 17.4 Å². The molecule has 0 radical (unpaired) electrons. The predicted molar refractivity (Wildman–Crippen MR) is 123 cm³/mol. The van der Waals surface area contributed by atoms with Crippen molar-refractivity contribution in [2.75, 3.05) is 11.9 Å². The summed E-state index contributed by atoms with van der Waals surface area (Å²) in [7, 11) is 0. The van der Waals surface area contributed by atoms with Crippen molar-refractivity contribution in [3.8, 4) is 0 Å². The first-order chi connectivity index (χ1) is 16.0. The Hall–Kier alpha value is -2.48. The van der Waals surface area contributed by atoms with E-state index >= 15 is 0 Å². The van der Waals surface area contributed by atoms with Crippen LogP contribution in [0.1, 0.15) is 77.0 Å². The SMILES string of the molecule is O=C(CC1(CC2CCCC2)CCN(C(C(=O)Nc2ccncc2)C2CCCCC2)C1=O)NO. The van der Waals surface area contributed by atoms with Crippen molar-refractivity contribution in [3.63, 3.8) is 0 Å². The van der Waals surface area contributed by atoms with Crippen LogP contribution < -0.4 is 10.8 Å². The zero-order chi connectivity index (χ0) is 23.3. The van der Waals surface area contributed by atoms with Crippen LogP contribution in [0.3, 0.4) is 0 Å². The predicted octanol–water partition coefficient (Wildman–Crippen LogP) is 3.66. The van der Waals surface area contributed by atoms with E-state index in [0.717, 1.165) is 57.8 Å². The van der Waals surface area contributed by atoms with Gasteiger partial charge in [0.05, 0.1) is 5.41 Å². The van der Waals surface area contributed by atoms with Crippen molar-refractivity contribution in [2.45, 2.75) is 83.1 Å². The molecule has 2 atom stereocenters. The van der Waals surface area contributed by atoms with Gasteiger partial charge in [0.15, 0.2) is 0 Å². The molecule has 180 valence electrons. The molecule has 2 heterocycles. The molecule has 8 heteroatoms. The average molecular weight is 457 g/mol. The lowest BCUT2D eigenvalue weighted by Gasteiger charge is -2.37. The minimum atomic E-state index is -0.842. The summed E-state index contributed by atoms with van der Waals surface area (Å²) in [5.41, 5.74) is 1.55. The lowest BCUT2D eigenvalue weighted by molar-refractivity contribution is -0.147. The Bertz CT molecular complexity index is 836. The number of carbonyl (C=O) groups is 3. The van der Waals surface area contributed by atoms with Gasteiger partial charge in [0.2, 0.25) is 17.7 Å². The van der Waals surface area contributed by atoms with E-state index in [1.165, 1.54) is 0 Å². The highest BCUT2D eigenvalue weighted by molar-refractivity contribution is 5.99. The molecule has 33 heavy (non-hydrogen) atoms. The van der Waals surface area contributed by atoms with Gasteiger partial charge in [0.1, 0.15) is 6.04 Å². The molecule has 1 aromatic heterocycles. The van der Waals surface area contributed by atoms with Crippen LogP contribution in [0.4, 0.5) is 5.69 Å². The van der Waals surface area contributed by atoms with Gasteiger partial charge in [-0.15, -0.1) is 0 Å². The first-order valence-electron chi connectivity index (χ1n) is 12.5. The molecule has 2 aliphatic carbocycles. The van der Waals surface area contributed by atoms with E-state index in [0.29, 0.717) is 31.0 Å². The summed E-state index contributed by atoms with van der Waals surface area (Å²) >= 11 is 0. The van der Waals surface area contributed by atoms with Gasteiger partial charge in [0.25, 0.3) is 0 Å². The smallest absolute Gasteiger partial charge is 0.247 e. The second-order valence-electron chi connectivity index (χ2n) is 10.2. The van der Waals surface area contributed by atoms with Crippen molar-refractivity contribution in [1.29, 1.82) is 0 Å². The summed E-state index contributed by atoms with van der Waals surface area (Å²) in [6, 6.07) is 2.95. The van der Waals surface area contributed by atoms with E-state index in [1.54, 1.807) is 34.9 Å². The summed E-state index contributed by atoms with van der Waals surface area (Å²) in [5, 5.41) is 12.2. The Morgan fingerprint density at radius 1 is 1.09 bits per heavy atom. The van der Waals surface area contributed by atoms with Gasteiger partial charge in [0, 0.05) is 31.0 Å². The lowest BCUT2D eigenvalue weighted by atomic mass is 9.74. The number of hydrogen-bond acceptors (Lipinski definition) is 5. The van der Waals surface area contributed by atoms with Crippen LogP contribution in [0.5, 0.6) is 0 Å². The Labute approximate surface area is 195 Å². The summed E-state index contributed by atoms with van der Waals surface area (Å²) in [6.45, 7) is 0.467. The largest absolute Gasteiger partial charge is 0.330 e. The highest BCUT2D eigenvalue weighted by Gasteiger charge is 2.53. The van der Waals surface area contributed by atoms with Crippen molar-refractivity contribution in [2.24, 2.45) is 17.3 Å². The van der Waals surface area contributed by atoms with Crippen LogP contribution >= 0.6 is 0 Å². The van der Waals surface area contributed by atoms with Crippen molar-refractivity contribution in [1.82, 2.24) is 15.4 Å². The molecule has 1 aromatic rings. The highest BCUT2D eigenvalue weighted by atomic mass is 16.5. The molecule has 2 saturated carbocycles. The molecular formula is C25H36N4O4. The Morgan fingerprint density at radius 2 is 1.76 bits per heavy atom. The first kappa shape index (κ1) is 23.7. The maximum Gasteiger partial charge on any atom is 0.247 e. The number of likely N-dealkylation sites (tertiary alicyclic amines) is 1. The van der Waals surface area contributed by atoms with Gasteiger partial charge in [-0.2, -0.15) is 0 Å². The number of aromatic nitrogens is 1.